The Hall–Kier alpha value is -0.770. The zero-order chi connectivity index (χ0) is 12.5. The number of carbonyl (C=O) groups is 1. The average molecular weight is 251 g/mol. The monoisotopic (exact) mass is 251 g/mol. The van der Waals surface area contributed by atoms with Gasteiger partial charge in [0.2, 0.25) is 6.29 Å². The standard InChI is InChI=1S/C14H21NO3/c1-8(17-12(15)16)18-13-4-9-2-10-3-11(6-13)14(10,5-9)7-13/h8-11H,2-7H2,1H3,(H2,15,16). The molecule has 1 spiro atoms. The Morgan fingerprint density at radius 3 is 2.89 bits per heavy atom. The van der Waals surface area contributed by atoms with Gasteiger partial charge in [0.1, 0.15) is 0 Å². The van der Waals surface area contributed by atoms with Crippen LogP contribution in [0.1, 0.15) is 45.4 Å². The summed E-state index contributed by atoms with van der Waals surface area (Å²) in [6, 6.07) is 0. The molecule has 0 aromatic rings. The van der Waals surface area contributed by atoms with Crippen LogP contribution in [0.2, 0.25) is 0 Å². The van der Waals surface area contributed by atoms with Crippen molar-refractivity contribution in [3.8, 4) is 0 Å². The third-order valence-electron chi connectivity index (χ3n) is 6.11. The second-order valence-corrected chi connectivity index (χ2v) is 7.06. The molecule has 2 N–H and O–H groups in total. The van der Waals surface area contributed by atoms with E-state index in [1.165, 1.54) is 32.1 Å². The maximum absolute atomic E-state index is 10.8. The third-order valence-corrected chi connectivity index (χ3v) is 6.11. The zero-order valence-electron chi connectivity index (χ0n) is 10.9. The minimum Gasteiger partial charge on any atom is -0.420 e. The van der Waals surface area contributed by atoms with Gasteiger partial charge in [0.25, 0.3) is 0 Å². The summed E-state index contributed by atoms with van der Waals surface area (Å²) in [5, 5.41) is 0. The van der Waals surface area contributed by atoms with Crippen molar-refractivity contribution < 1.29 is 14.3 Å². The molecule has 100 valence electrons. The summed E-state index contributed by atoms with van der Waals surface area (Å²) in [4.78, 5) is 10.8. The van der Waals surface area contributed by atoms with E-state index in [1.54, 1.807) is 6.92 Å². The van der Waals surface area contributed by atoms with Crippen LogP contribution in [-0.4, -0.2) is 18.0 Å². The van der Waals surface area contributed by atoms with Gasteiger partial charge in [-0.25, -0.2) is 4.79 Å². The summed E-state index contributed by atoms with van der Waals surface area (Å²) in [5.74, 6) is 2.68. The van der Waals surface area contributed by atoms with Crippen LogP contribution in [-0.2, 0) is 9.47 Å². The van der Waals surface area contributed by atoms with Crippen molar-refractivity contribution in [3.63, 3.8) is 0 Å². The molecule has 0 heterocycles. The summed E-state index contributed by atoms with van der Waals surface area (Å²) in [7, 11) is 0. The predicted octanol–water partition coefficient (Wildman–Crippen LogP) is 2.41. The first kappa shape index (κ1) is 11.1. The molecule has 4 heteroatoms. The van der Waals surface area contributed by atoms with Gasteiger partial charge in [-0.1, -0.05) is 0 Å². The van der Waals surface area contributed by atoms with E-state index in [4.69, 9.17) is 15.2 Å². The van der Waals surface area contributed by atoms with Crippen LogP contribution in [0.3, 0.4) is 0 Å². The molecule has 1 amide bonds. The molecular weight excluding hydrogens is 230 g/mol. The van der Waals surface area contributed by atoms with Gasteiger partial charge in [-0.05, 0) is 68.6 Å². The highest BCUT2D eigenvalue weighted by Gasteiger charge is 2.71. The SMILES string of the molecule is CC(OC(N)=O)OC12CC3CC4CC(C1)C4(C3)C2. The van der Waals surface area contributed by atoms with Crippen molar-refractivity contribution >= 4 is 6.09 Å². The molecule has 0 aromatic heterocycles. The Kier molecular flexibility index (Phi) is 1.98. The maximum Gasteiger partial charge on any atom is 0.406 e. The van der Waals surface area contributed by atoms with Crippen LogP contribution in [0.4, 0.5) is 4.79 Å². The third kappa shape index (κ3) is 1.27. The highest BCUT2D eigenvalue weighted by atomic mass is 16.7. The lowest BCUT2D eigenvalue weighted by atomic mass is 9.56. The fraction of sp³-hybridized carbons (Fsp3) is 0.929. The summed E-state index contributed by atoms with van der Waals surface area (Å²) in [6.07, 6.45) is 6.53. The van der Waals surface area contributed by atoms with Crippen molar-refractivity contribution in [2.24, 2.45) is 28.9 Å². The Labute approximate surface area is 107 Å². The van der Waals surface area contributed by atoms with Crippen molar-refractivity contribution in [1.82, 2.24) is 0 Å². The molecule has 0 aliphatic heterocycles. The van der Waals surface area contributed by atoms with Gasteiger partial charge < -0.3 is 15.2 Å². The molecule has 4 saturated carbocycles. The van der Waals surface area contributed by atoms with E-state index in [0.29, 0.717) is 5.41 Å². The Balaban J connectivity index is 1.53. The summed E-state index contributed by atoms with van der Waals surface area (Å²) >= 11 is 0. The van der Waals surface area contributed by atoms with Crippen molar-refractivity contribution in [1.29, 1.82) is 0 Å². The maximum atomic E-state index is 10.8. The lowest BCUT2D eigenvalue weighted by molar-refractivity contribution is -0.186. The second-order valence-electron chi connectivity index (χ2n) is 7.06. The average Bonchev–Trinajstić information content (AvgIpc) is 2.53. The first-order valence-electron chi connectivity index (χ1n) is 7.15. The van der Waals surface area contributed by atoms with E-state index in [-0.39, 0.29) is 5.60 Å². The molecule has 0 aromatic carbocycles. The number of amides is 1. The zero-order valence-corrected chi connectivity index (χ0v) is 10.9. The topological polar surface area (TPSA) is 61.5 Å². The van der Waals surface area contributed by atoms with Crippen molar-refractivity contribution in [2.45, 2.75) is 57.3 Å². The molecule has 18 heavy (non-hydrogen) atoms. The van der Waals surface area contributed by atoms with Gasteiger partial charge in [-0.3, -0.25) is 0 Å². The number of carbonyl (C=O) groups excluding carboxylic acids is 1. The minimum atomic E-state index is -0.741. The van der Waals surface area contributed by atoms with Crippen LogP contribution in [0, 0.1) is 23.2 Å². The molecule has 6 atom stereocenters. The quantitative estimate of drug-likeness (QED) is 0.783. The molecule has 0 saturated heterocycles. The Morgan fingerprint density at radius 2 is 2.11 bits per heavy atom. The smallest absolute Gasteiger partial charge is 0.406 e. The fourth-order valence-corrected chi connectivity index (χ4v) is 5.96. The molecule has 0 radical (unpaired) electrons. The number of rotatable bonds is 3. The van der Waals surface area contributed by atoms with E-state index in [9.17, 15) is 4.79 Å². The fourth-order valence-electron chi connectivity index (χ4n) is 5.96. The largest absolute Gasteiger partial charge is 0.420 e. The van der Waals surface area contributed by atoms with Crippen LogP contribution in [0.25, 0.3) is 0 Å². The molecule has 4 aliphatic rings. The summed E-state index contributed by atoms with van der Waals surface area (Å²) < 4.78 is 11.1. The summed E-state index contributed by atoms with van der Waals surface area (Å²) in [6.45, 7) is 1.78. The lowest BCUT2D eigenvalue weighted by Crippen LogP contribution is -2.43. The van der Waals surface area contributed by atoms with E-state index in [1.807, 2.05) is 0 Å². The molecule has 4 fully saturated rings. The molecule has 6 unspecified atom stereocenters. The van der Waals surface area contributed by atoms with Gasteiger partial charge >= 0.3 is 6.09 Å². The first-order chi connectivity index (χ1) is 8.51. The van der Waals surface area contributed by atoms with Crippen molar-refractivity contribution in [3.05, 3.63) is 0 Å². The molecule has 4 nitrogen and oxygen atoms in total. The molecule has 4 rings (SSSR count). The normalized spacial score (nSPS) is 52.8. The summed E-state index contributed by atoms with van der Waals surface area (Å²) in [5.41, 5.74) is 5.64. The van der Waals surface area contributed by atoms with E-state index < -0.39 is 12.4 Å². The van der Waals surface area contributed by atoms with E-state index in [0.717, 1.165) is 24.2 Å². The van der Waals surface area contributed by atoms with Gasteiger partial charge in [0, 0.05) is 0 Å². The molecule has 3 bridgehead atoms. The number of primary amides is 1. The number of hydrogen-bond acceptors (Lipinski definition) is 3. The van der Waals surface area contributed by atoms with E-state index in [2.05, 4.69) is 0 Å². The van der Waals surface area contributed by atoms with Gasteiger partial charge in [-0.2, -0.15) is 0 Å². The lowest BCUT2D eigenvalue weighted by Gasteiger charge is -2.49. The van der Waals surface area contributed by atoms with Gasteiger partial charge in [0.15, 0.2) is 0 Å². The van der Waals surface area contributed by atoms with Crippen LogP contribution < -0.4 is 5.73 Å². The predicted molar refractivity (Wildman–Crippen MR) is 64.6 cm³/mol. The van der Waals surface area contributed by atoms with Gasteiger partial charge in [-0.15, -0.1) is 0 Å². The van der Waals surface area contributed by atoms with Crippen LogP contribution >= 0.6 is 0 Å². The number of nitrogens with two attached hydrogens (primary N) is 1. The van der Waals surface area contributed by atoms with Crippen LogP contribution in [0.15, 0.2) is 0 Å². The highest BCUT2D eigenvalue weighted by Crippen LogP contribution is 2.77. The minimum absolute atomic E-state index is 0.0201. The number of fused-ring (bicyclic) bond motifs is 2. The number of hydrogen-bond donors (Lipinski definition) is 1. The number of ether oxygens (including phenoxy) is 2. The van der Waals surface area contributed by atoms with Crippen LogP contribution in [0.5, 0.6) is 0 Å². The van der Waals surface area contributed by atoms with Crippen molar-refractivity contribution in [2.75, 3.05) is 0 Å². The molecular formula is C14H21NO3. The van der Waals surface area contributed by atoms with E-state index >= 15 is 0 Å². The second kappa shape index (κ2) is 3.21. The Bertz CT molecular complexity index is 408. The first-order valence-corrected chi connectivity index (χ1v) is 7.15. The molecule has 4 aliphatic carbocycles. The van der Waals surface area contributed by atoms with Gasteiger partial charge in [0.05, 0.1) is 5.60 Å². The highest BCUT2D eigenvalue weighted by molar-refractivity contribution is 5.64. The Morgan fingerprint density at radius 1 is 1.28 bits per heavy atom.